The fourth-order valence-corrected chi connectivity index (χ4v) is 4.42. The smallest absolute Gasteiger partial charge is 0.251 e. The van der Waals surface area contributed by atoms with E-state index in [1.165, 1.54) is 5.56 Å². The number of likely N-dealkylation sites (N-methyl/N-ethyl adjacent to an activating group) is 1. The normalized spacial score (nSPS) is 18.0. The minimum absolute atomic E-state index is 0.00791. The van der Waals surface area contributed by atoms with Crippen molar-refractivity contribution in [3.63, 3.8) is 0 Å². The van der Waals surface area contributed by atoms with Crippen LogP contribution in [0.25, 0.3) is 0 Å². The maximum atomic E-state index is 13.0. The largest absolute Gasteiger partial charge is 0.475 e. The van der Waals surface area contributed by atoms with Crippen LogP contribution in [0, 0.1) is 0 Å². The Morgan fingerprint density at radius 1 is 1.21 bits per heavy atom. The second kappa shape index (κ2) is 8.86. The van der Waals surface area contributed by atoms with Crippen LogP contribution in [0.5, 0.6) is 5.88 Å². The van der Waals surface area contributed by atoms with Gasteiger partial charge in [0.2, 0.25) is 5.88 Å². The molecule has 0 radical (unpaired) electrons. The highest BCUT2D eigenvalue weighted by molar-refractivity contribution is 5.96. The van der Waals surface area contributed by atoms with Gasteiger partial charge < -0.3 is 25.2 Å². The maximum absolute atomic E-state index is 13.0. The number of hydrogen-bond donors (Lipinski definition) is 2. The molecule has 1 aromatic heterocycles. The van der Waals surface area contributed by atoms with E-state index in [9.17, 15) is 4.79 Å². The van der Waals surface area contributed by atoms with E-state index in [-0.39, 0.29) is 23.5 Å². The van der Waals surface area contributed by atoms with Crippen molar-refractivity contribution in [3.8, 4) is 5.88 Å². The third-order valence-corrected chi connectivity index (χ3v) is 6.68. The highest BCUT2D eigenvalue weighted by Gasteiger charge is 2.31. The number of carbonyl (C=O) groups excluding carboxylic acids is 1. The maximum Gasteiger partial charge on any atom is 0.251 e. The van der Waals surface area contributed by atoms with Gasteiger partial charge in [-0.3, -0.25) is 4.79 Å². The van der Waals surface area contributed by atoms with Gasteiger partial charge in [0.1, 0.15) is 5.82 Å². The third kappa shape index (κ3) is 4.78. The molecule has 0 saturated carbocycles. The monoisotopic (exact) mass is 451 g/mol. The summed E-state index contributed by atoms with van der Waals surface area (Å²) in [6.07, 6.45) is -0.00791. The molecule has 178 valence electrons. The molecule has 0 aliphatic carbocycles. The summed E-state index contributed by atoms with van der Waals surface area (Å²) in [5.41, 5.74) is 3.91. The molecule has 2 aliphatic rings. The van der Waals surface area contributed by atoms with Gasteiger partial charge in [0.25, 0.3) is 5.91 Å². The molecule has 7 nitrogen and oxygen atoms in total. The molecule has 7 heteroatoms. The SMILES string of the molecule is CC(C)Oc1nc(N2CC(N(C)C)C2)ccc1[C@H](C)NC(=O)c1ccc2c(c1)NCC2(C)C. The van der Waals surface area contributed by atoms with Crippen molar-refractivity contribution in [1.82, 2.24) is 15.2 Å². The summed E-state index contributed by atoms with van der Waals surface area (Å²) in [6, 6.07) is 10.3. The zero-order valence-electron chi connectivity index (χ0n) is 20.9. The lowest BCUT2D eigenvalue weighted by Crippen LogP contribution is -2.57. The molecule has 33 heavy (non-hydrogen) atoms. The molecule has 1 aromatic carbocycles. The van der Waals surface area contributed by atoms with Crippen molar-refractivity contribution in [2.24, 2.45) is 0 Å². The van der Waals surface area contributed by atoms with E-state index in [2.05, 4.69) is 54.4 Å². The van der Waals surface area contributed by atoms with Gasteiger partial charge in [0.15, 0.2) is 0 Å². The molecule has 4 rings (SSSR count). The molecule has 2 N–H and O–H groups in total. The molecule has 1 amide bonds. The zero-order valence-corrected chi connectivity index (χ0v) is 20.9. The van der Waals surface area contributed by atoms with E-state index in [0.29, 0.717) is 17.5 Å². The van der Waals surface area contributed by atoms with Crippen LogP contribution in [-0.2, 0) is 5.41 Å². The minimum atomic E-state index is -0.239. The molecule has 3 heterocycles. The fraction of sp³-hybridized carbons (Fsp3) is 0.538. The lowest BCUT2D eigenvalue weighted by atomic mass is 9.86. The minimum Gasteiger partial charge on any atom is -0.475 e. The number of carbonyl (C=O) groups is 1. The summed E-state index contributed by atoms with van der Waals surface area (Å²) in [6.45, 7) is 13.2. The number of nitrogens with zero attached hydrogens (tertiary/aromatic N) is 3. The number of hydrogen-bond acceptors (Lipinski definition) is 6. The summed E-state index contributed by atoms with van der Waals surface area (Å²) in [4.78, 5) is 22.4. The third-order valence-electron chi connectivity index (χ3n) is 6.68. The molecule has 0 spiro atoms. The van der Waals surface area contributed by atoms with Gasteiger partial charge in [-0.2, -0.15) is 4.98 Å². The Hall–Kier alpha value is -2.80. The number of anilines is 2. The first-order valence-corrected chi connectivity index (χ1v) is 11.8. The zero-order chi connectivity index (χ0) is 23.9. The predicted octanol–water partition coefficient (Wildman–Crippen LogP) is 3.81. The molecule has 0 unspecified atom stereocenters. The van der Waals surface area contributed by atoms with Crippen molar-refractivity contribution in [1.29, 1.82) is 0 Å². The molecule has 2 aromatic rings. The number of fused-ring (bicyclic) bond motifs is 1. The number of pyridine rings is 1. The van der Waals surface area contributed by atoms with Crippen molar-refractivity contribution in [3.05, 3.63) is 47.0 Å². The average Bonchev–Trinajstić information content (AvgIpc) is 3.00. The summed E-state index contributed by atoms with van der Waals surface area (Å²) in [5, 5.41) is 6.55. The van der Waals surface area contributed by atoms with E-state index in [0.717, 1.165) is 36.7 Å². The lowest BCUT2D eigenvalue weighted by Gasteiger charge is -2.43. The number of amides is 1. The first kappa shape index (κ1) is 23.4. The highest BCUT2D eigenvalue weighted by atomic mass is 16.5. The van der Waals surface area contributed by atoms with Crippen LogP contribution in [0.2, 0.25) is 0 Å². The van der Waals surface area contributed by atoms with E-state index >= 15 is 0 Å². The lowest BCUT2D eigenvalue weighted by molar-refractivity contribution is 0.0939. The summed E-state index contributed by atoms with van der Waals surface area (Å²) in [7, 11) is 4.21. The average molecular weight is 452 g/mol. The quantitative estimate of drug-likeness (QED) is 0.667. The number of nitrogens with one attached hydrogen (secondary N) is 2. The van der Waals surface area contributed by atoms with Crippen LogP contribution in [-0.4, -0.2) is 61.7 Å². The molecule has 1 fully saturated rings. The fourth-order valence-electron chi connectivity index (χ4n) is 4.42. The van der Waals surface area contributed by atoms with Gasteiger partial charge in [-0.05, 0) is 64.7 Å². The topological polar surface area (TPSA) is 69.7 Å². The first-order valence-electron chi connectivity index (χ1n) is 11.8. The first-order chi connectivity index (χ1) is 15.5. The van der Waals surface area contributed by atoms with Crippen molar-refractivity contribution < 1.29 is 9.53 Å². The summed E-state index contributed by atoms with van der Waals surface area (Å²) < 4.78 is 6.06. The van der Waals surface area contributed by atoms with Gasteiger partial charge in [0.05, 0.1) is 12.1 Å². The van der Waals surface area contributed by atoms with Crippen LogP contribution in [0.1, 0.15) is 62.1 Å². The van der Waals surface area contributed by atoms with Gasteiger partial charge >= 0.3 is 0 Å². The van der Waals surface area contributed by atoms with Crippen molar-refractivity contribution >= 4 is 17.4 Å². The van der Waals surface area contributed by atoms with Crippen LogP contribution in [0.15, 0.2) is 30.3 Å². The van der Waals surface area contributed by atoms with Gasteiger partial charge in [0, 0.05) is 47.9 Å². The molecule has 1 atom stereocenters. The predicted molar refractivity (Wildman–Crippen MR) is 134 cm³/mol. The van der Waals surface area contributed by atoms with Crippen molar-refractivity contribution in [2.75, 3.05) is 43.9 Å². The second-order valence-corrected chi connectivity index (χ2v) is 10.4. The standard InChI is InChI=1S/C26H37N5O2/c1-16(2)33-25-20(9-11-23(29-25)31-13-19(14-31)30(6)7)17(3)28-24(32)18-8-10-21-22(12-18)27-15-26(21,4)5/h8-12,16-17,19,27H,13-15H2,1-7H3,(H,28,32)/t17-/m0/s1. The van der Waals surface area contributed by atoms with E-state index in [1.807, 2.05) is 45.0 Å². The second-order valence-electron chi connectivity index (χ2n) is 10.4. The number of rotatable bonds is 7. The van der Waals surface area contributed by atoms with Gasteiger partial charge in [-0.1, -0.05) is 19.9 Å². The summed E-state index contributed by atoms with van der Waals surface area (Å²) >= 11 is 0. The van der Waals surface area contributed by atoms with Gasteiger partial charge in [-0.25, -0.2) is 0 Å². The summed E-state index contributed by atoms with van der Waals surface area (Å²) in [5.74, 6) is 1.40. The number of benzene rings is 1. The molecular weight excluding hydrogens is 414 g/mol. The van der Waals surface area contributed by atoms with Crippen LogP contribution in [0.3, 0.4) is 0 Å². The Morgan fingerprint density at radius 2 is 1.94 bits per heavy atom. The van der Waals surface area contributed by atoms with E-state index in [1.54, 1.807) is 0 Å². The van der Waals surface area contributed by atoms with Crippen molar-refractivity contribution in [2.45, 2.75) is 58.2 Å². The Morgan fingerprint density at radius 3 is 2.61 bits per heavy atom. The van der Waals surface area contributed by atoms with Crippen LogP contribution >= 0.6 is 0 Å². The van der Waals surface area contributed by atoms with E-state index < -0.39 is 0 Å². The highest BCUT2D eigenvalue weighted by Crippen LogP contribution is 2.37. The molecular formula is C26H37N5O2. The Labute approximate surface area is 197 Å². The molecule has 1 saturated heterocycles. The Bertz CT molecular complexity index is 1030. The Balaban J connectivity index is 1.50. The van der Waals surface area contributed by atoms with Crippen LogP contribution in [0.4, 0.5) is 11.5 Å². The molecule has 2 aliphatic heterocycles. The van der Waals surface area contributed by atoms with Crippen LogP contribution < -0.4 is 20.3 Å². The Kier molecular flexibility index (Phi) is 6.27. The molecule has 0 bridgehead atoms. The number of ether oxygens (including phenoxy) is 1. The van der Waals surface area contributed by atoms with Gasteiger partial charge in [-0.15, -0.1) is 0 Å². The number of aromatic nitrogens is 1. The van der Waals surface area contributed by atoms with E-state index in [4.69, 9.17) is 9.72 Å².